The molecule has 0 fully saturated rings. The number of rotatable bonds is 1. The molecule has 14 heavy (non-hydrogen) atoms. The molecule has 0 spiro atoms. The van der Waals surface area contributed by atoms with Crippen molar-refractivity contribution in [3.8, 4) is 5.75 Å². The molecular formula is C12H12O2. The molecule has 2 heteroatoms. The Morgan fingerprint density at radius 1 is 1.36 bits per heavy atom. The van der Waals surface area contributed by atoms with E-state index in [2.05, 4.69) is 6.92 Å². The van der Waals surface area contributed by atoms with Crippen LogP contribution in [-0.4, -0.2) is 5.11 Å². The van der Waals surface area contributed by atoms with Crippen molar-refractivity contribution < 1.29 is 9.84 Å². The van der Waals surface area contributed by atoms with Crippen LogP contribution in [0.1, 0.15) is 18.1 Å². The molecule has 0 radical (unpaired) electrons. The SMILES string of the molecule is CCc1ccc2c(c1)C(O)=CC=CO2. The van der Waals surface area contributed by atoms with Gasteiger partial charge in [-0.2, -0.15) is 0 Å². The molecule has 72 valence electrons. The minimum Gasteiger partial charge on any atom is -0.507 e. The predicted octanol–water partition coefficient (Wildman–Crippen LogP) is 3.05. The van der Waals surface area contributed by atoms with Gasteiger partial charge in [0.05, 0.1) is 11.8 Å². The zero-order valence-corrected chi connectivity index (χ0v) is 8.03. The molecule has 0 atom stereocenters. The molecule has 0 bridgehead atoms. The van der Waals surface area contributed by atoms with E-state index in [0.29, 0.717) is 5.75 Å². The quantitative estimate of drug-likeness (QED) is 0.734. The summed E-state index contributed by atoms with van der Waals surface area (Å²) in [6.07, 6.45) is 5.83. The van der Waals surface area contributed by atoms with E-state index in [9.17, 15) is 5.11 Å². The molecule has 0 aromatic heterocycles. The Morgan fingerprint density at radius 3 is 3.00 bits per heavy atom. The maximum atomic E-state index is 9.69. The van der Waals surface area contributed by atoms with E-state index in [0.717, 1.165) is 12.0 Å². The van der Waals surface area contributed by atoms with Gasteiger partial charge in [-0.1, -0.05) is 13.0 Å². The Morgan fingerprint density at radius 2 is 2.21 bits per heavy atom. The zero-order chi connectivity index (χ0) is 9.97. The van der Waals surface area contributed by atoms with Crippen molar-refractivity contribution in [2.45, 2.75) is 13.3 Å². The molecule has 1 aliphatic heterocycles. The highest BCUT2D eigenvalue weighted by Crippen LogP contribution is 2.28. The van der Waals surface area contributed by atoms with Crippen molar-refractivity contribution in [2.24, 2.45) is 0 Å². The van der Waals surface area contributed by atoms with Gasteiger partial charge < -0.3 is 9.84 Å². The van der Waals surface area contributed by atoms with Gasteiger partial charge in [-0.05, 0) is 36.3 Å². The Kier molecular flexibility index (Phi) is 2.27. The second-order valence-electron chi connectivity index (χ2n) is 3.18. The lowest BCUT2D eigenvalue weighted by Crippen LogP contribution is -1.90. The summed E-state index contributed by atoms with van der Waals surface area (Å²) in [4.78, 5) is 0. The van der Waals surface area contributed by atoms with Crippen molar-refractivity contribution in [3.63, 3.8) is 0 Å². The lowest BCUT2D eigenvalue weighted by Gasteiger charge is -2.07. The van der Waals surface area contributed by atoms with Crippen molar-refractivity contribution in [1.82, 2.24) is 0 Å². The van der Waals surface area contributed by atoms with Gasteiger partial charge in [0.15, 0.2) is 0 Å². The molecule has 0 aliphatic carbocycles. The average Bonchev–Trinajstić information content (AvgIpc) is 2.40. The van der Waals surface area contributed by atoms with Crippen LogP contribution in [0.2, 0.25) is 0 Å². The first-order valence-electron chi connectivity index (χ1n) is 4.67. The molecule has 1 N–H and O–H groups in total. The summed E-state index contributed by atoms with van der Waals surface area (Å²) in [5.41, 5.74) is 1.95. The van der Waals surface area contributed by atoms with Gasteiger partial charge in [0, 0.05) is 0 Å². The largest absolute Gasteiger partial charge is 0.507 e. The van der Waals surface area contributed by atoms with Gasteiger partial charge in [-0.3, -0.25) is 0 Å². The smallest absolute Gasteiger partial charge is 0.137 e. The normalized spacial score (nSPS) is 13.9. The molecule has 0 unspecified atom stereocenters. The van der Waals surface area contributed by atoms with E-state index in [1.807, 2.05) is 18.2 Å². The van der Waals surface area contributed by atoms with Crippen LogP contribution in [0.5, 0.6) is 5.75 Å². The Balaban J connectivity index is 2.53. The summed E-state index contributed by atoms with van der Waals surface area (Å²) in [6.45, 7) is 2.08. The Hall–Kier alpha value is -1.70. The van der Waals surface area contributed by atoms with E-state index in [4.69, 9.17) is 4.74 Å². The summed E-state index contributed by atoms with van der Waals surface area (Å²) in [6, 6.07) is 5.84. The highest BCUT2D eigenvalue weighted by Gasteiger charge is 2.09. The highest BCUT2D eigenvalue weighted by molar-refractivity contribution is 5.67. The molecule has 0 saturated heterocycles. The first-order valence-corrected chi connectivity index (χ1v) is 4.67. The van der Waals surface area contributed by atoms with E-state index >= 15 is 0 Å². The lowest BCUT2D eigenvalue weighted by atomic mass is 10.1. The third kappa shape index (κ3) is 1.51. The molecule has 1 aromatic carbocycles. The van der Waals surface area contributed by atoms with Crippen LogP contribution < -0.4 is 4.74 Å². The molecule has 0 amide bonds. The first kappa shape index (κ1) is 8.88. The number of fused-ring (bicyclic) bond motifs is 1. The standard InChI is InChI=1S/C12H12O2/c1-2-9-5-6-12-10(8-9)11(13)4-3-7-14-12/h3-8,13H,2H2,1H3. The summed E-state index contributed by atoms with van der Waals surface area (Å²) in [5, 5.41) is 9.69. The molecule has 1 heterocycles. The fourth-order valence-corrected chi connectivity index (χ4v) is 1.43. The number of hydrogen-bond acceptors (Lipinski definition) is 2. The van der Waals surface area contributed by atoms with Gasteiger partial charge in [-0.15, -0.1) is 0 Å². The van der Waals surface area contributed by atoms with Gasteiger partial charge in [-0.25, -0.2) is 0 Å². The molecule has 1 aliphatic rings. The van der Waals surface area contributed by atoms with Crippen molar-refractivity contribution in [3.05, 3.63) is 47.7 Å². The summed E-state index contributed by atoms with van der Waals surface area (Å²) < 4.78 is 5.33. The van der Waals surface area contributed by atoms with E-state index in [1.54, 1.807) is 18.4 Å². The van der Waals surface area contributed by atoms with Crippen molar-refractivity contribution in [1.29, 1.82) is 0 Å². The minimum absolute atomic E-state index is 0.254. The van der Waals surface area contributed by atoms with Crippen LogP contribution in [0.15, 0.2) is 36.6 Å². The van der Waals surface area contributed by atoms with Crippen LogP contribution in [0.3, 0.4) is 0 Å². The van der Waals surface area contributed by atoms with E-state index in [1.165, 1.54) is 5.56 Å². The third-order valence-corrected chi connectivity index (χ3v) is 2.26. The first-order chi connectivity index (χ1) is 6.81. The van der Waals surface area contributed by atoms with Crippen LogP contribution >= 0.6 is 0 Å². The maximum Gasteiger partial charge on any atom is 0.137 e. The number of aliphatic hydroxyl groups excluding tert-OH is 1. The second-order valence-corrected chi connectivity index (χ2v) is 3.18. The van der Waals surface area contributed by atoms with Crippen LogP contribution in [-0.2, 0) is 6.42 Å². The van der Waals surface area contributed by atoms with Crippen LogP contribution in [0.4, 0.5) is 0 Å². The van der Waals surface area contributed by atoms with Crippen LogP contribution in [0, 0.1) is 0 Å². The van der Waals surface area contributed by atoms with E-state index in [-0.39, 0.29) is 5.76 Å². The minimum atomic E-state index is 0.254. The highest BCUT2D eigenvalue weighted by atomic mass is 16.5. The molecule has 0 saturated carbocycles. The fourth-order valence-electron chi connectivity index (χ4n) is 1.43. The number of aliphatic hydroxyl groups is 1. The Labute approximate surface area is 83.1 Å². The Bertz CT molecular complexity index is 403. The molecule has 1 aromatic rings. The number of allylic oxidation sites excluding steroid dienone is 2. The zero-order valence-electron chi connectivity index (χ0n) is 8.03. The predicted molar refractivity (Wildman–Crippen MR) is 56.2 cm³/mol. The molecule has 2 nitrogen and oxygen atoms in total. The number of ether oxygens (including phenoxy) is 1. The number of hydrogen-bond donors (Lipinski definition) is 1. The maximum absolute atomic E-state index is 9.69. The van der Waals surface area contributed by atoms with Crippen molar-refractivity contribution >= 4 is 5.76 Å². The third-order valence-electron chi connectivity index (χ3n) is 2.26. The van der Waals surface area contributed by atoms with Crippen molar-refractivity contribution in [2.75, 3.05) is 0 Å². The van der Waals surface area contributed by atoms with Gasteiger partial charge >= 0.3 is 0 Å². The average molecular weight is 188 g/mol. The fraction of sp³-hybridized carbons (Fsp3) is 0.167. The summed E-state index contributed by atoms with van der Waals surface area (Å²) in [7, 11) is 0. The molecular weight excluding hydrogens is 176 g/mol. The summed E-state index contributed by atoms with van der Waals surface area (Å²) >= 11 is 0. The second kappa shape index (κ2) is 3.58. The van der Waals surface area contributed by atoms with Gasteiger partial charge in [0.2, 0.25) is 0 Å². The number of aryl methyl sites for hydroxylation is 1. The van der Waals surface area contributed by atoms with Crippen LogP contribution in [0.25, 0.3) is 5.76 Å². The monoisotopic (exact) mass is 188 g/mol. The van der Waals surface area contributed by atoms with Gasteiger partial charge in [0.25, 0.3) is 0 Å². The number of benzene rings is 1. The topological polar surface area (TPSA) is 29.5 Å². The molecule has 2 rings (SSSR count). The van der Waals surface area contributed by atoms with E-state index < -0.39 is 0 Å². The summed E-state index contributed by atoms with van der Waals surface area (Å²) in [5.74, 6) is 0.953. The lowest BCUT2D eigenvalue weighted by molar-refractivity contribution is 0.471. The van der Waals surface area contributed by atoms with Gasteiger partial charge in [0.1, 0.15) is 11.5 Å².